The van der Waals surface area contributed by atoms with Crippen LogP contribution in [-0.2, 0) is 11.3 Å². The van der Waals surface area contributed by atoms with Crippen LogP contribution >= 0.6 is 0 Å². The first-order valence-electron chi connectivity index (χ1n) is 6.94. The van der Waals surface area contributed by atoms with Crippen LogP contribution in [0, 0.1) is 0 Å². The van der Waals surface area contributed by atoms with Crippen LogP contribution in [-0.4, -0.2) is 35.8 Å². The molecular formula is C15H21N3O2. The quantitative estimate of drug-likeness (QED) is 0.856. The summed E-state index contributed by atoms with van der Waals surface area (Å²) in [6, 6.07) is 7.77. The molecule has 5 nitrogen and oxygen atoms in total. The molecule has 0 bridgehead atoms. The minimum Gasteiger partial charge on any atom is -0.366 e. The predicted molar refractivity (Wildman–Crippen MR) is 77.1 cm³/mol. The molecule has 1 heterocycles. The number of piperidine rings is 1. The minimum absolute atomic E-state index is 0.158. The lowest BCUT2D eigenvalue weighted by molar-refractivity contribution is -0.129. The summed E-state index contributed by atoms with van der Waals surface area (Å²) in [7, 11) is 0. The normalized spacial score (nSPS) is 16.1. The average Bonchev–Trinajstić information content (AvgIpc) is 2.46. The highest BCUT2D eigenvalue weighted by Crippen LogP contribution is 2.11. The molecule has 1 aliphatic heterocycles. The van der Waals surface area contributed by atoms with E-state index in [-0.39, 0.29) is 5.91 Å². The van der Waals surface area contributed by atoms with Crippen LogP contribution in [0.25, 0.3) is 0 Å². The van der Waals surface area contributed by atoms with E-state index in [1.165, 1.54) is 0 Å². The van der Waals surface area contributed by atoms with Crippen LogP contribution in [0.1, 0.15) is 35.7 Å². The fourth-order valence-corrected chi connectivity index (χ4v) is 2.45. The summed E-state index contributed by atoms with van der Waals surface area (Å²) in [5, 5.41) is 3.49. The van der Waals surface area contributed by atoms with E-state index in [9.17, 15) is 9.59 Å². The Morgan fingerprint density at radius 3 is 2.35 bits per heavy atom. The van der Waals surface area contributed by atoms with Crippen molar-refractivity contribution in [1.29, 1.82) is 0 Å². The number of amides is 2. The van der Waals surface area contributed by atoms with Gasteiger partial charge in [-0.25, -0.2) is 0 Å². The van der Waals surface area contributed by atoms with E-state index in [2.05, 4.69) is 5.32 Å². The molecule has 1 fully saturated rings. The van der Waals surface area contributed by atoms with Crippen molar-refractivity contribution in [1.82, 2.24) is 10.2 Å². The lowest BCUT2D eigenvalue weighted by Gasteiger charge is -2.31. The second kappa shape index (κ2) is 6.52. The van der Waals surface area contributed by atoms with Gasteiger partial charge < -0.3 is 16.0 Å². The monoisotopic (exact) mass is 275 g/mol. The van der Waals surface area contributed by atoms with Crippen LogP contribution in [0.3, 0.4) is 0 Å². The maximum atomic E-state index is 11.2. The zero-order valence-corrected chi connectivity index (χ0v) is 11.8. The van der Waals surface area contributed by atoms with Gasteiger partial charge in [0.15, 0.2) is 0 Å². The van der Waals surface area contributed by atoms with Gasteiger partial charge in [0.25, 0.3) is 0 Å². The molecule has 2 amide bonds. The van der Waals surface area contributed by atoms with E-state index < -0.39 is 5.91 Å². The lowest BCUT2D eigenvalue weighted by atomic mass is 10.0. The number of nitrogens with one attached hydrogen (secondary N) is 1. The van der Waals surface area contributed by atoms with Crippen molar-refractivity contribution in [2.45, 2.75) is 32.4 Å². The fourth-order valence-electron chi connectivity index (χ4n) is 2.45. The van der Waals surface area contributed by atoms with E-state index >= 15 is 0 Å². The Labute approximate surface area is 119 Å². The molecule has 1 aromatic rings. The van der Waals surface area contributed by atoms with Crippen molar-refractivity contribution in [3.63, 3.8) is 0 Å². The third-order valence-electron chi connectivity index (χ3n) is 3.77. The van der Waals surface area contributed by atoms with Gasteiger partial charge >= 0.3 is 0 Å². The SMILES string of the molecule is CC(=O)N1CCC(NCc2ccc(C(N)=O)cc2)CC1. The summed E-state index contributed by atoms with van der Waals surface area (Å²) >= 11 is 0. The molecule has 108 valence electrons. The van der Waals surface area contributed by atoms with Gasteiger partial charge in [0.2, 0.25) is 11.8 Å². The zero-order valence-electron chi connectivity index (χ0n) is 11.8. The molecule has 1 saturated heterocycles. The largest absolute Gasteiger partial charge is 0.366 e. The standard InChI is InChI=1S/C15H21N3O2/c1-11(19)18-8-6-14(7-9-18)17-10-12-2-4-13(5-3-12)15(16)20/h2-5,14,17H,6-10H2,1H3,(H2,16,20). The van der Waals surface area contributed by atoms with Crippen molar-refractivity contribution >= 4 is 11.8 Å². The first-order valence-corrected chi connectivity index (χ1v) is 6.94. The first kappa shape index (κ1) is 14.5. The van der Waals surface area contributed by atoms with Crippen molar-refractivity contribution in [2.24, 2.45) is 5.73 Å². The molecule has 1 aliphatic rings. The molecule has 0 atom stereocenters. The third-order valence-corrected chi connectivity index (χ3v) is 3.77. The van der Waals surface area contributed by atoms with E-state index in [1.807, 2.05) is 17.0 Å². The van der Waals surface area contributed by atoms with E-state index in [0.29, 0.717) is 11.6 Å². The van der Waals surface area contributed by atoms with Crippen molar-refractivity contribution in [2.75, 3.05) is 13.1 Å². The van der Waals surface area contributed by atoms with Crippen LogP contribution in [0.5, 0.6) is 0 Å². The highest BCUT2D eigenvalue weighted by atomic mass is 16.2. The van der Waals surface area contributed by atoms with Crippen LogP contribution < -0.4 is 11.1 Å². The number of rotatable bonds is 4. The summed E-state index contributed by atoms with van der Waals surface area (Å²) < 4.78 is 0. The minimum atomic E-state index is -0.402. The van der Waals surface area contributed by atoms with Gasteiger partial charge in [-0.3, -0.25) is 9.59 Å². The number of carbonyl (C=O) groups is 2. The second-order valence-electron chi connectivity index (χ2n) is 5.22. The molecule has 20 heavy (non-hydrogen) atoms. The number of benzene rings is 1. The van der Waals surface area contributed by atoms with E-state index in [4.69, 9.17) is 5.73 Å². The van der Waals surface area contributed by atoms with Gasteiger partial charge in [0.05, 0.1) is 0 Å². The molecule has 0 radical (unpaired) electrons. The third kappa shape index (κ3) is 3.81. The summed E-state index contributed by atoms with van der Waals surface area (Å²) in [5.74, 6) is -0.244. The van der Waals surface area contributed by atoms with Gasteiger partial charge in [0, 0.05) is 38.2 Å². The number of nitrogens with zero attached hydrogens (tertiary/aromatic N) is 1. The maximum Gasteiger partial charge on any atom is 0.248 e. The average molecular weight is 275 g/mol. The Bertz CT molecular complexity index is 476. The van der Waals surface area contributed by atoms with Gasteiger partial charge in [0.1, 0.15) is 0 Å². The van der Waals surface area contributed by atoms with Crippen LogP contribution in [0.2, 0.25) is 0 Å². The van der Waals surface area contributed by atoms with Gasteiger partial charge in [-0.2, -0.15) is 0 Å². The van der Waals surface area contributed by atoms with Gasteiger partial charge in [-0.15, -0.1) is 0 Å². The topological polar surface area (TPSA) is 75.4 Å². The highest BCUT2D eigenvalue weighted by molar-refractivity contribution is 5.92. The molecule has 2 rings (SSSR count). The lowest BCUT2D eigenvalue weighted by Crippen LogP contribution is -2.43. The molecule has 3 N–H and O–H groups in total. The molecule has 5 heteroatoms. The molecule has 0 spiro atoms. The number of likely N-dealkylation sites (tertiary alicyclic amines) is 1. The Morgan fingerprint density at radius 1 is 1.25 bits per heavy atom. The Kier molecular flexibility index (Phi) is 4.74. The Hall–Kier alpha value is -1.88. The maximum absolute atomic E-state index is 11.2. The number of carbonyl (C=O) groups excluding carboxylic acids is 2. The first-order chi connectivity index (χ1) is 9.56. The molecule has 1 aromatic carbocycles. The summed E-state index contributed by atoms with van der Waals surface area (Å²) in [6.45, 7) is 4.04. The predicted octanol–water partition coefficient (Wildman–Crippen LogP) is 0.886. The molecule has 0 unspecified atom stereocenters. The Balaban J connectivity index is 1.78. The number of hydrogen-bond acceptors (Lipinski definition) is 3. The molecule has 0 aliphatic carbocycles. The zero-order chi connectivity index (χ0) is 14.5. The highest BCUT2D eigenvalue weighted by Gasteiger charge is 2.19. The summed E-state index contributed by atoms with van der Waals surface area (Å²) in [4.78, 5) is 24.1. The summed E-state index contributed by atoms with van der Waals surface area (Å²) in [5.41, 5.74) is 6.87. The number of primary amides is 1. The fraction of sp³-hybridized carbons (Fsp3) is 0.467. The van der Waals surface area contributed by atoms with E-state index in [0.717, 1.165) is 38.0 Å². The number of hydrogen-bond donors (Lipinski definition) is 2. The molecule has 0 saturated carbocycles. The smallest absolute Gasteiger partial charge is 0.248 e. The van der Waals surface area contributed by atoms with Crippen LogP contribution in [0.4, 0.5) is 0 Å². The molecule has 0 aromatic heterocycles. The van der Waals surface area contributed by atoms with Crippen molar-refractivity contribution in [3.8, 4) is 0 Å². The van der Waals surface area contributed by atoms with Crippen LogP contribution in [0.15, 0.2) is 24.3 Å². The van der Waals surface area contributed by atoms with Gasteiger partial charge in [-0.1, -0.05) is 12.1 Å². The van der Waals surface area contributed by atoms with Crippen molar-refractivity contribution in [3.05, 3.63) is 35.4 Å². The van der Waals surface area contributed by atoms with Crippen molar-refractivity contribution < 1.29 is 9.59 Å². The van der Waals surface area contributed by atoms with E-state index in [1.54, 1.807) is 19.1 Å². The Morgan fingerprint density at radius 2 is 1.85 bits per heavy atom. The molecular weight excluding hydrogens is 254 g/mol. The summed E-state index contributed by atoms with van der Waals surface area (Å²) in [6.07, 6.45) is 1.97. The second-order valence-corrected chi connectivity index (χ2v) is 5.22. The number of nitrogens with two attached hydrogens (primary N) is 1. The van der Waals surface area contributed by atoms with Gasteiger partial charge in [-0.05, 0) is 30.5 Å².